The van der Waals surface area contributed by atoms with Gasteiger partial charge in [-0.3, -0.25) is 14.5 Å². The highest BCUT2D eigenvalue weighted by Gasteiger charge is 2.39. The standard InChI is InChI=1S/C26H28N2O6/c29-21-12-6-11-19(13-21)23(25(31)32)27-24(30)22-14-18-9-4-5-10-20(18)15-28(22)26(33)34-16-17-7-2-1-3-8-17/h1-5,7-10,19,22-23H,6,11-16H2,(H,27,30)(H,31,32)/t19-,22-,23-/m0/s1. The maximum Gasteiger partial charge on any atom is 0.411 e. The first-order valence-corrected chi connectivity index (χ1v) is 11.5. The molecule has 3 atom stereocenters. The highest BCUT2D eigenvalue weighted by atomic mass is 16.6. The number of ketones is 1. The average Bonchev–Trinajstić information content (AvgIpc) is 2.85. The van der Waals surface area contributed by atoms with E-state index in [1.807, 2.05) is 54.6 Å². The Hall–Kier alpha value is -3.68. The summed E-state index contributed by atoms with van der Waals surface area (Å²) in [5.74, 6) is -2.19. The molecule has 2 amide bonds. The third kappa shape index (κ3) is 5.44. The number of hydrogen-bond acceptors (Lipinski definition) is 5. The van der Waals surface area contributed by atoms with Crippen LogP contribution in [0.3, 0.4) is 0 Å². The summed E-state index contributed by atoms with van der Waals surface area (Å²) in [6, 6.07) is 14.7. The number of aliphatic carboxylic acids is 1. The molecule has 8 nitrogen and oxygen atoms in total. The number of carbonyl (C=O) groups is 4. The van der Waals surface area contributed by atoms with E-state index >= 15 is 0 Å². The molecule has 1 saturated carbocycles. The van der Waals surface area contributed by atoms with Crippen LogP contribution in [0.1, 0.15) is 42.4 Å². The summed E-state index contributed by atoms with van der Waals surface area (Å²) in [6.45, 7) is 0.246. The molecule has 178 valence electrons. The predicted molar refractivity (Wildman–Crippen MR) is 123 cm³/mol. The van der Waals surface area contributed by atoms with Gasteiger partial charge >= 0.3 is 12.1 Å². The van der Waals surface area contributed by atoms with E-state index in [1.165, 1.54) is 4.90 Å². The second kappa shape index (κ2) is 10.5. The summed E-state index contributed by atoms with van der Waals surface area (Å²) in [7, 11) is 0. The van der Waals surface area contributed by atoms with Crippen molar-refractivity contribution in [3.63, 3.8) is 0 Å². The summed E-state index contributed by atoms with van der Waals surface area (Å²) < 4.78 is 5.49. The minimum absolute atomic E-state index is 0.00876. The van der Waals surface area contributed by atoms with Crippen molar-refractivity contribution in [3.8, 4) is 0 Å². The molecule has 1 aliphatic heterocycles. The van der Waals surface area contributed by atoms with Crippen molar-refractivity contribution in [2.45, 2.75) is 57.3 Å². The van der Waals surface area contributed by atoms with Gasteiger partial charge in [-0.15, -0.1) is 0 Å². The van der Waals surface area contributed by atoms with Crippen molar-refractivity contribution in [3.05, 3.63) is 71.3 Å². The maximum absolute atomic E-state index is 13.3. The number of ether oxygens (including phenoxy) is 1. The molecule has 0 spiro atoms. The number of Topliss-reactive ketones (excluding diaryl/α,β-unsaturated/α-hetero) is 1. The first-order chi connectivity index (χ1) is 16.4. The summed E-state index contributed by atoms with van der Waals surface area (Å²) in [6.07, 6.45) is 1.35. The first kappa shape index (κ1) is 23.5. The molecule has 1 heterocycles. The van der Waals surface area contributed by atoms with Crippen molar-refractivity contribution in [1.29, 1.82) is 0 Å². The SMILES string of the molecule is O=C1CCC[C@H]([C@H](NC(=O)[C@@H]2Cc3ccccc3CN2C(=O)OCc2ccccc2)C(=O)O)C1. The number of benzene rings is 2. The lowest BCUT2D eigenvalue weighted by Crippen LogP contribution is -2.57. The Morgan fingerprint density at radius 3 is 2.44 bits per heavy atom. The molecule has 2 N–H and O–H groups in total. The topological polar surface area (TPSA) is 113 Å². The number of nitrogens with zero attached hydrogens (tertiary/aromatic N) is 1. The highest BCUT2D eigenvalue weighted by molar-refractivity contribution is 5.90. The number of fused-ring (bicyclic) bond motifs is 1. The lowest BCUT2D eigenvalue weighted by Gasteiger charge is -2.36. The summed E-state index contributed by atoms with van der Waals surface area (Å²) >= 11 is 0. The van der Waals surface area contributed by atoms with E-state index < -0.39 is 36.0 Å². The quantitative estimate of drug-likeness (QED) is 0.679. The zero-order chi connectivity index (χ0) is 24.1. The van der Waals surface area contributed by atoms with Crippen LogP contribution in [0.5, 0.6) is 0 Å². The van der Waals surface area contributed by atoms with Crippen LogP contribution in [0.2, 0.25) is 0 Å². The Labute approximate surface area is 197 Å². The Bertz CT molecular complexity index is 1070. The fraction of sp³-hybridized carbons (Fsp3) is 0.385. The number of rotatable bonds is 6. The molecule has 34 heavy (non-hydrogen) atoms. The van der Waals surface area contributed by atoms with Crippen molar-refractivity contribution in [2.24, 2.45) is 5.92 Å². The Morgan fingerprint density at radius 1 is 1.03 bits per heavy atom. The Balaban J connectivity index is 1.52. The Morgan fingerprint density at radius 2 is 1.74 bits per heavy atom. The molecule has 0 unspecified atom stereocenters. The molecule has 8 heteroatoms. The van der Waals surface area contributed by atoms with E-state index in [4.69, 9.17) is 4.74 Å². The van der Waals surface area contributed by atoms with Gasteiger partial charge in [0.2, 0.25) is 5.91 Å². The normalized spacial score (nSPS) is 20.7. The molecule has 2 aliphatic rings. The highest BCUT2D eigenvalue weighted by Crippen LogP contribution is 2.27. The van der Waals surface area contributed by atoms with Gasteiger partial charge in [0.25, 0.3) is 0 Å². The van der Waals surface area contributed by atoms with Crippen molar-refractivity contribution >= 4 is 23.8 Å². The van der Waals surface area contributed by atoms with Gasteiger partial charge in [-0.25, -0.2) is 9.59 Å². The third-order valence-corrected chi connectivity index (χ3v) is 6.55. The van der Waals surface area contributed by atoms with Gasteiger partial charge in [0.1, 0.15) is 24.5 Å². The molecule has 2 aromatic rings. The number of hydrogen-bond donors (Lipinski definition) is 2. The molecule has 0 radical (unpaired) electrons. The van der Waals surface area contributed by atoms with Gasteiger partial charge in [-0.2, -0.15) is 0 Å². The lowest BCUT2D eigenvalue weighted by molar-refractivity contribution is -0.145. The third-order valence-electron chi connectivity index (χ3n) is 6.55. The second-order valence-electron chi connectivity index (χ2n) is 8.88. The summed E-state index contributed by atoms with van der Waals surface area (Å²) in [5.41, 5.74) is 2.66. The second-order valence-corrected chi connectivity index (χ2v) is 8.88. The lowest BCUT2D eigenvalue weighted by atomic mass is 9.83. The molecular weight excluding hydrogens is 436 g/mol. The van der Waals surface area contributed by atoms with Gasteiger partial charge in [-0.05, 0) is 35.4 Å². The van der Waals surface area contributed by atoms with Gasteiger partial charge < -0.3 is 15.2 Å². The van der Waals surface area contributed by atoms with E-state index in [9.17, 15) is 24.3 Å². The minimum Gasteiger partial charge on any atom is -0.480 e. The largest absolute Gasteiger partial charge is 0.480 e. The van der Waals surface area contributed by atoms with Crippen molar-refractivity contribution < 1.29 is 29.0 Å². The molecule has 2 aromatic carbocycles. The van der Waals surface area contributed by atoms with Crippen LogP contribution in [-0.2, 0) is 38.7 Å². The molecule has 0 saturated heterocycles. The van der Waals surface area contributed by atoms with E-state index in [1.54, 1.807) is 0 Å². The van der Waals surface area contributed by atoms with Crippen LogP contribution in [0, 0.1) is 5.92 Å². The van der Waals surface area contributed by atoms with Crippen LogP contribution in [0.4, 0.5) is 4.79 Å². The van der Waals surface area contributed by atoms with Crippen LogP contribution in [0.25, 0.3) is 0 Å². The van der Waals surface area contributed by atoms with Gasteiger partial charge in [0.05, 0.1) is 6.54 Å². The average molecular weight is 465 g/mol. The molecule has 1 fully saturated rings. The van der Waals surface area contributed by atoms with Crippen molar-refractivity contribution in [2.75, 3.05) is 0 Å². The van der Waals surface area contributed by atoms with Gasteiger partial charge in [-0.1, -0.05) is 54.6 Å². The molecule has 0 bridgehead atoms. The van der Waals surface area contributed by atoms with E-state index in [-0.39, 0.29) is 31.8 Å². The monoisotopic (exact) mass is 464 g/mol. The van der Waals surface area contributed by atoms with Crippen LogP contribution < -0.4 is 5.32 Å². The summed E-state index contributed by atoms with van der Waals surface area (Å²) in [4.78, 5) is 51.5. The maximum atomic E-state index is 13.3. The zero-order valence-corrected chi connectivity index (χ0v) is 18.8. The van der Waals surface area contributed by atoms with Gasteiger partial charge in [0.15, 0.2) is 0 Å². The smallest absolute Gasteiger partial charge is 0.411 e. The molecule has 0 aromatic heterocycles. The van der Waals surface area contributed by atoms with Crippen LogP contribution in [0.15, 0.2) is 54.6 Å². The van der Waals surface area contributed by atoms with E-state index in [2.05, 4.69) is 5.32 Å². The molecule has 1 aliphatic carbocycles. The minimum atomic E-state index is -1.18. The first-order valence-electron chi connectivity index (χ1n) is 11.5. The van der Waals surface area contributed by atoms with Crippen LogP contribution >= 0.6 is 0 Å². The number of carbonyl (C=O) groups excluding carboxylic acids is 3. The van der Waals surface area contributed by atoms with Crippen LogP contribution in [-0.4, -0.2) is 45.8 Å². The van der Waals surface area contributed by atoms with Crippen molar-refractivity contribution in [1.82, 2.24) is 10.2 Å². The molecule has 4 rings (SSSR count). The van der Waals surface area contributed by atoms with Gasteiger partial charge in [0, 0.05) is 19.3 Å². The number of carboxylic acids is 1. The predicted octanol–water partition coefficient (Wildman–Crippen LogP) is 3.08. The van der Waals surface area contributed by atoms with E-state index in [0.29, 0.717) is 19.3 Å². The number of amides is 2. The summed E-state index contributed by atoms with van der Waals surface area (Å²) in [5, 5.41) is 12.4. The number of carboxylic acid groups (broad SMARTS) is 1. The van der Waals surface area contributed by atoms with E-state index in [0.717, 1.165) is 16.7 Å². The molecular formula is C26H28N2O6. The zero-order valence-electron chi connectivity index (χ0n) is 18.8. The fourth-order valence-electron chi connectivity index (χ4n) is 4.72. The number of nitrogens with one attached hydrogen (secondary N) is 1. The fourth-order valence-corrected chi connectivity index (χ4v) is 4.72. The Kier molecular flexibility index (Phi) is 7.25.